The summed E-state index contributed by atoms with van der Waals surface area (Å²) in [5, 5.41) is 0. The van der Waals surface area contributed by atoms with Crippen LogP contribution in [0.25, 0.3) is 5.69 Å². The SMILES string of the molecule is Cc1cc(S(=O)(=O)NCc2ccc(-n3ccnc3)c(F)c2)ccc1Br. The lowest BCUT2D eigenvalue weighted by molar-refractivity contribution is 0.580. The molecular formula is C17H15BrFN3O2S. The van der Waals surface area contributed by atoms with Gasteiger partial charge in [0, 0.05) is 23.4 Å². The molecule has 0 spiro atoms. The molecule has 1 aromatic heterocycles. The number of nitrogens with one attached hydrogen (secondary N) is 1. The van der Waals surface area contributed by atoms with E-state index in [4.69, 9.17) is 0 Å². The Bertz CT molecular complexity index is 1000. The average Bonchev–Trinajstić information content (AvgIpc) is 3.10. The second-order valence-corrected chi connectivity index (χ2v) is 8.11. The first-order chi connectivity index (χ1) is 11.9. The molecule has 0 fully saturated rings. The fraction of sp³-hybridized carbons (Fsp3) is 0.118. The van der Waals surface area contributed by atoms with Crippen molar-refractivity contribution in [3.05, 3.63) is 76.5 Å². The lowest BCUT2D eigenvalue weighted by Gasteiger charge is -2.10. The predicted octanol–water partition coefficient (Wildman–Crippen LogP) is 3.56. The summed E-state index contributed by atoms with van der Waals surface area (Å²) in [6.45, 7) is 1.81. The van der Waals surface area contributed by atoms with E-state index < -0.39 is 15.8 Å². The van der Waals surface area contributed by atoms with Crippen LogP contribution in [-0.2, 0) is 16.6 Å². The van der Waals surface area contributed by atoms with Crippen molar-refractivity contribution >= 4 is 26.0 Å². The van der Waals surface area contributed by atoms with E-state index in [1.807, 2.05) is 6.92 Å². The van der Waals surface area contributed by atoms with Crippen LogP contribution in [-0.4, -0.2) is 18.0 Å². The number of sulfonamides is 1. The summed E-state index contributed by atoms with van der Waals surface area (Å²) >= 11 is 3.34. The Hall–Kier alpha value is -2.03. The summed E-state index contributed by atoms with van der Waals surface area (Å²) in [5.41, 5.74) is 1.70. The van der Waals surface area contributed by atoms with Crippen molar-refractivity contribution in [2.24, 2.45) is 0 Å². The Morgan fingerprint density at radius 1 is 1.24 bits per heavy atom. The summed E-state index contributed by atoms with van der Waals surface area (Å²) in [7, 11) is -3.67. The lowest BCUT2D eigenvalue weighted by Crippen LogP contribution is -2.23. The highest BCUT2D eigenvalue weighted by molar-refractivity contribution is 9.10. The van der Waals surface area contributed by atoms with Crippen LogP contribution in [0.4, 0.5) is 4.39 Å². The van der Waals surface area contributed by atoms with Gasteiger partial charge in [-0.05, 0) is 48.4 Å². The van der Waals surface area contributed by atoms with E-state index in [-0.39, 0.29) is 11.4 Å². The average molecular weight is 424 g/mol. The maximum absolute atomic E-state index is 14.2. The van der Waals surface area contributed by atoms with Gasteiger partial charge in [-0.25, -0.2) is 22.5 Å². The van der Waals surface area contributed by atoms with Gasteiger partial charge in [0.1, 0.15) is 5.82 Å². The molecule has 5 nitrogen and oxygen atoms in total. The highest BCUT2D eigenvalue weighted by Crippen LogP contribution is 2.20. The summed E-state index contributed by atoms with van der Waals surface area (Å²) in [4.78, 5) is 4.05. The third-order valence-electron chi connectivity index (χ3n) is 3.70. The van der Waals surface area contributed by atoms with E-state index in [1.165, 1.54) is 18.5 Å². The molecule has 1 heterocycles. The first kappa shape index (κ1) is 17.8. The van der Waals surface area contributed by atoms with Crippen LogP contribution in [0.15, 0.2) is 64.5 Å². The van der Waals surface area contributed by atoms with Crippen molar-refractivity contribution < 1.29 is 12.8 Å². The minimum Gasteiger partial charge on any atom is -0.303 e. The standard InChI is InChI=1S/C17H15BrFN3O2S/c1-12-8-14(3-4-15(12)18)25(23,24)21-10-13-2-5-17(16(19)9-13)22-7-6-20-11-22/h2-9,11,21H,10H2,1H3. The molecule has 0 atom stereocenters. The minimum atomic E-state index is -3.67. The number of aryl methyl sites for hydroxylation is 1. The molecule has 0 bridgehead atoms. The van der Waals surface area contributed by atoms with Crippen LogP contribution >= 0.6 is 15.9 Å². The highest BCUT2D eigenvalue weighted by Gasteiger charge is 2.15. The molecule has 2 aromatic carbocycles. The predicted molar refractivity (Wildman–Crippen MR) is 96.4 cm³/mol. The molecule has 130 valence electrons. The molecule has 1 N–H and O–H groups in total. The summed E-state index contributed by atoms with van der Waals surface area (Å²) in [5.74, 6) is -0.450. The Kier molecular flexibility index (Phi) is 5.03. The summed E-state index contributed by atoms with van der Waals surface area (Å²) in [6, 6.07) is 9.35. The van der Waals surface area contributed by atoms with Gasteiger partial charge in [0.15, 0.2) is 0 Å². The number of nitrogens with zero attached hydrogens (tertiary/aromatic N) is 2. The van der Waals surface area contributed by atoms with Gasteiger partial charge in [0.2, 0.25) is 10.0 Å². The van der Waals surface area contributed by atoms with E-state index >= 15 is 0 Å². The van der Waals surface area contributed by atoms with E-state index in [2.05, 4.69) is 25.6 Å². The van der Waals surface area contributed by atoms with Crippen molar-refractivity contribution in [2.75, 3.05) is 0 Å². The number of rotatable bonds is 5. The molecule has 0 aliphatic heterocycles. The van der Waals surface area contributed by atoms with Gasteiger partial charge in [-0.2, -0.15) is 0 Å². The van der Waals surface area contributed by atoms with Gasteiger partial charge in [0.05, 0.1) is 16.9 Å². The molecule has 0 radical (unpaired) electrons. The third-order valence-corrected chi connectivity index (χ3v) is 5.99. The number of benzene rings is 2. The molecule has 0 unspecified atom stereocenters. The van der Waals surface area contributed by atoms with Crippen molar-refractivity contribution in [3.63, 3.8) is 0 Å². The van der Waals surface area contributed by atoms with Gasteiger partial charge in [-0.1, -0.05) is 22.0 Å². The highest BCUT2D eigenvalue weighted by atomic mass is 79.9. The molecule has 0 aliphatic rings. The quantitative estimate of drug-likeness (QED) is 0.682. The largest absolute Gasteiger partial charge is 0.303 e. The van der Waals surface area contributed by atoms with Gasteiger partial charge < -0.3 is 4.57 Å². The molecule has 0 amide bonds. The number of halogens is 2. The summed E-state index contributed by atoms with van der Waals surface area (Å²) < 4.78 is 43.8. The molecule has 0 saturated heterocycles. The van der Waals surface area contributed by atoms with Crippen LogP contribution in [0.2, 0.25) is 0 Å². The van der Waals surface area contributed by atoms with Crippen molar-refractivity contribution in [1.29, 1.82) is 0 Å². The molecule has 0 aliphatic carbocycles. The normalized spacial score (nSPS) is 11.6. The van der Waals surface area contributed by atoms with E-state index in [1.54, 1.807) is 41.2 Å². The lowest BCUT2D eigenvalue weighted by atomic mass is 10.2. The second kappa shape index (κ2) is 7.07. The smallest absolute Gasteiger partial charge is 0.240 e. The number of imidazole rings is 1. The number of aromatic nitrogens is 2. The first-order valence-electron chi connectivity index (χ1n) is 7.39. The maximum Gasteiger partial charge on any atom is 0.240 e. The Labute approximate surface area is 153 Å². The van der Waals surface area contributed by atoms with E-state index in [0.717, 1.165) is 10.0 Å². The summed E-state index contributed by atoms with van der Waals surface area (Å²) in [6.07, 6.45) is 4.69. The zero-order valence-electron chi connectivity index (χ0n) is 13.3. The Balaban J connectivity index is 1.76. The Morgan fingerprint density at radius 2 is 2.04 bits per heavy atom. The molecule has 0 saturated carbocycles. The van der Waals surface area contributed by atoms with Crippen molar-refractivity contribution in [1.82, 2.24) is 14.3 Å². The van der Waals surface area contributed by atoms with Crippen molar-refractivity contribution in [3.8, 4) is 5.69 Å². The molecule has 3 aromatic rings. The van der Waals surface area contributed by atoms with Crippen molar-refractivity contribution in [2.45, 2.75) is 18.4 Å². The van der Waals surface area contributed by atoms with Gasteiger partial charge >= 0.3 is 0 Å². The molecule has 25 heavy (non-hydrogen) atoms. The molecular weight excluding hydrogens is 409 g/mol. The maximum atomic E-state index is 14.2. The van der Waals surface area contributed by atoms with Crippen LogP contribution in [0.5, 0.6) is 0 Å². The van der Waals surface area contributed by atoms with Crippen LogP contribution in [0, 0.1) is 12.7 Å². The Morgan fingerprint density at radius 3 is 2.68 bits per heavy atom. The minimum absolute atomic E-state index is 0.00142. The van der Waals surface area contributed by atoms with Gasteiger partial charge in [0.25, 0.3) is 0 Å². The zero-order chi connectivity index (χ0) is 18.0. The fourth-order valence-corrected chi connectivity index (χ4v) is 3.67. The van der Waals surface area contributed by atoms with Crippen LogP contribution < -0.4 is 4.72 Å². The third kappa shape index (κ3) is 3.97. The van der Waals surface area contributed by atoms with Crippen LogP contribution in [0.1, 0.15) is 11.1 Å². The topological polar surface area (TPSA) is 64.0 Å². The molecule has 3 rings (SSSR count). The van der Waals surface area contributed by atoms with E-state index in [0.29, 0.717) is 11.3 Å². The first-order valence-corrected chi connectivity index (χ1v) is 9.67. The fourth-order valence-electron chi connectivity index (χ4n) is 2.32. The van der Waals surface area contributed by atoms with Gasteiger partial charge in [-0.3, -0.25) is 0 Å². The second-order valence-electron chi connectivity index (χ2n) is 5.49. The van der Waals surface area contributed by atoms with E-state index in [9.17, 15) is 12.8 Å². The van der Waals surface area contributed by atoms with Crippen LogP contribution in [0.3, 0.4) is 0 Å². The number of hydrogen-bond acceptors (Lipinski definition) is 3. The van der Waals surface area contributed by atoms with Gasteiger partial charge in [-0.15, -0.1) is 0 Å². The monoisotopic (exact) mass is 423 g/mol. The molecule has 8 heteroatoms. The number of hydrogen-bond donors (Lipinski definition) is 1. The zero-order valence-corrected chi connectivity index (χ0v) is 15.7.